The number of aromatic nitrogens is 3. The number of fused-ring (bicyclic) bond motifs is 3. The van der Waals surface area contributed by atoms with E-state index in [1.165, 1.54) is 24.5 Å². The van der Waals surface area contributed by atoms with Crippen molar-refractivity contribution in [1.29, 1.82) is 0 Å². The maximum Gasteiger partial charge on any atom is 0.417 e. The molecule has 1 aliphatic heterocycles. The molecule has 15 heteroatoms. The minimum absolute atomic E-state index is 0.00180. The molecule has 194 valence electrons. The fourth-order valence-electron chi connectivity index (χ4n) is 4.24. The number of piperazine rings is 1. The summed E-state index contributed by atoms with van der Waals surface area (Å²) in [4.78, 5) is 15.5. The molecule has 4 aromatic rings. The number of anilines is 2. The van der Waals surface area contributed by atoms with Gasteiger partial charge < -0.3 is 20.1 Å². The molecule has 3 heterocycles. The van der Waals surface area contributed by atoms with Gasteiger partial charge in [-0.3, -0.25) is 0 Å². The first-order valence-electron chi connectivity index (χ1n) is 10.9. The van der Waals surface area contributed by atoms with Crippen LogP contribution in [0.5, 0.6) is 0 Å². The molecule has 0 spiro atoms. The van der Waals surface area contributed by atoms with Gasteiger partial charge in [-0.2, -0.15) is 13.2 Å². The molecule has 5 rings (SSSR count). The van der Waals surface area contributed by atoms with Crippen molar-refractivity contribution in [3.8, 4) is 0 Å². The number of rotatable bonds is 3. The van der Waals surface area contributed by atoms with E-state index in [4.69, 9.17) is 29.0 Å². The maximum absolute atomic E-state index is 13.3. The Kier molecular flexibility index (Phi) is 6.38. The monoisotopic (exact) mass is 569 g/mol. The topological polar surface area (TPSA) is 120 Å². The van der Waals surface area contributed by atoms with Gasteiger partial charge in [-0.25, -0.2) is 23.5 Å². The fraction of sp³-hybridized carbons (Fsp3) is 0.227. The van der Waals surface area contributed by atoms with E-state index in [-0.39, 0.29) is 10.4 Å². The molecule has 1 saturated heterocycles. The van der Waals surface area contributed by atoms with Crippen LogP contribution in [0.25, 0.3) is 21.9 Å². The second-order valence-electron chi connectivity index (χ2n) is 8.39. The Morgan fingerprint density at radius 1 is 1.11 bits per heavy atom. The number of H-pyrrole nitrogens is 1. The first-order valence-corrected chi connectivity index (χ1v) is 13.2. The molecule has 0 amide bonds. The highest BCUT2D eigenvalue weighted by molar-refractivity contribution is 7.89. The molecule has 0 aliphatic carbocycles. The largest absolute Gasteiger partial charge is 0.417 e. The Labute approximate surface area is 219 Å². The van der Waals surface area contributed by atoms with Crippen molar-refractivity contribution in [2.75, 3.05) is 36.4 Å². The summed E-state index contributed by atoms with van der Waals surface area (Å²) < 4.78 is 62.8. The van der Waals surface area contributed by atoms with Crippen molar-refractivity contribution in [2.45, 2.75) is 11.1 Å². The SMILES string of the molecule is NS(=O)(=O)c1ccc(NC(=S)N2CCN(c3ncnc4[nH]c5cc(C(F)(F)F)c(Cl)cc5c34)CC2)cc1. The third kappa shape index (κ3) is 5.01. The lowest BCUT2D eigenvalue weighted by molar-refractivity contribution is -0.137. The Morgan fingerprint density at radius 2 is 1.78 bits per heavy atom. The number of sulfonamides is 1. The van der Waals surface area contributed by atoms with Gasteiger partial charge in [-0.1, -0.05) is 11.6 Å². The Bertz CT molecular complexity index is 1620. The van der Waals surface area contributed by atoms with Crippen molar-refractivity contribution < 1.29 is 21.6 Å². The third-order valence-corrected chi connectivity index (χ3v) is 7.67. The number of nitrogens with zero attached hydrogens (tertiary/aromatic N) is 4. The molecular weight excluding hydrogens is 551 g/mol. The Balaban J connectivity index is 1.34. The lowest BCUT2D eigenvalue weighted by atomic mass is 10.1. The van der Waals surface area contributed by atoms with Crippen LogP contribution in [-0.2, 0) is 16.2 Å². The number of hydrogen-bond acceptors (Lipinski definition) is 6. The fourth-order valence-corrected chi connectivity index (χ4v) is 5.33. The highest BCUT2D eigenvalue weighted by Gasteiger charge is 2.34. The zero-order valence-electron chi connectivity index (χ0n) is 18.9. The number of aromatic amines is 1. The third-order valence-electron chi connectivity index (χ3n) is 6.06. The van der Waals surface area contributed by atoms with Crippen molar-refractivity contribution in [2.24, 2.45) is 5.14 Å². The quantitative estimate of drug-likeness (QED) is 0.317. The number of hydrogen-bond donors (Lipinski definition) is 3. The van der Waals surface area contributed by atoms with E-state index in [9.17, 15) is 21.6 Å². The van der Waals surface area contributed by atoms with Gasteiger partial charge in [0.05, 0.1) is 20.9 Å². The summed E-state index contributed by atoms with van der Waals surface area (Å²) in [5, 5.41) is 9.38. The van der Waals surface area contributed by atoms with Gasteiger partial charge in [-0.05, 0) is 48.6 Å². The van der Waals surface area contributed by atoms with E-state index in [0.29, 0.717) is 59.2 Å². The van der Waals surface area contributed by atoms with Gasteiger partial charge in [-0.15, -0.1) is 0 Å². The van der Waals surface area contributed by atoms with Gasteiger partial charge in [0.2, 0.25) is 10.0 Å². The van der Waals surface area contributed by atoms with Crippen molar-refractivity contribution >= 4 is 72.4 Å². The predicted octanol–water partition coefficient (Wildman–Crippen LogP) is 3.95. The number of halogens is 4. The molecule has 1 fully saturated rings. The molecular formula is C22H19ClF3N7O2S2. The van der Waals surface area contributed by atoms with E-state index in [0.717, 1.165) is 6.07 Å². The van der Waals surface area contributed by atoms with E-state index in [2.05, 4.69) is 20.3 Å². The van der Waals surface area contributed by atoms with Crippen LogP contribution in [0.1, 0.15) is 5.56 Å². The normalized spacial score (nSPS) is 14.9. The molecule has 9 nitrogen and oxygen atoms in total. The lowest BCUT2D eigenvalue weighted by Gasteiger charge is -2.37. The summed E-state index contributed by atoms with van der Waals surface area (Å²) in [7, 11) is -3.78. The molecule has 0 unspecified atom stereocenters. The molecule has 0 bridgehead atoms. The van der Waals surface area contributed by atoms with Gasteiger partial charge in [0.15, 0.2) is 5.11 Å². The van der Waals surface area contributed by atoms with Crippen molar-refractivity contribution in [1.82, 2.24) is 19.9 Å². The van der Waals surface area contributed by atoms with Gasteiger partial charge in [0.1, 0.15) is 17.8 Å². The highest BCUT2D eigenvalue weighted by Crippen LogP contribution is 2.40. The standard InChI is InChI=1S/C22H19ClF3N7O2S2/c23-16-9-14-17(10-15(16)22(24,25)26)31-19-18(14)20(29-11-28-19)32-5-7-33(8-6-32)21(36)30-12-1-3-13(4-2-12)37(27,34)35/h1-4,9-11H,5-8H2,(H,30,36)(H2,27,34,35)(H,28,29,31). The average Bonchev–Trinajstić information content (AvgIpc) is 3.20. The van der Waals surface area contributed by atoms with Crippen LogP contribution in [0.2, 0.25) is 5.02 Å². The molecule has 2 aromatic carbocycles. The van der Waals surface area contributed by atoms with E-state index >= 15 is 0 Å². The van der Waals surface area contributed by atoms with Crippen LogP contribution < -0.4 is 15.4 Å². The molecule has 4 N–H and O–H groups in total. The van der Waals surface area contributed by atoms with E-state index in [1.807, 2.05) is 9.80 Å². The van der Waals surface area contributed by atoms with Gasteiger partial charge in [0, 0.05) is 42.8 Å². The zero-order chi connectivity index (χ0) is 26.5. The zero-order valence-corrected chi connectivity index (χ0v) is 21.3. The summed E-state index contributed by atoms with van der Waals surface area (Å²) in [6.45, 7) is 2.18. The van der Waals surface area contributed by atoms with Crippen LogP contribution in [0.3, 0.4) is 0 Å². The molecule has 37 heavy (non-hydrogen) atoms. The summed E-state index contributed by atoms with van der Waals surface area (Å²) in [5.74, 6) is 0.587. The number of thiocarbonyl (C=S) groups is 1. The summed E-state index contributed by atoms with van der Waals surface area (Å²) >= 11 is 11.5. The van der Waals surface area contributed by atoms with Crippen molar-refractivity contribution in [3.63, 3.8) is 0 Å². The molecule has 0 atom stereocenters. The van der Waals surface area contributed by atoms with Crippen LogP contribution >= 0.6 is 23.8 Å². The summed E-state index contributed by atoms with van der Waals surface area (Å²) in [5.41, 5.74) is 0.381. The molecule has 0 saturated carbocycles. The van der Waals surface area contributed by atoms with Gasteiger partial charge >= 0.3 is 6.18 Å². The number of alkyl halides is 3. The first kappa shape index (κ1) is 25.4. The number of primary sulfonamides is 1. The van der Waals surface area contributed by atoms with Gasteiger partial charge in [0.25, 0.3) is 0 Å². The van der Waals surface area contributed by atoms with Crippen LogP contribution in [0, 0.1) is 0 Å². The number of nitrogens with one attached hydrogen (secondary N) is 2. The second-order valence-corrected chi connectivity index (χ2v) is 10.8. The Hall–Kier alpha value is -3.20. The maximum atomic E-state index is 13.3. The average molecular weight is 570 g/mol. The predicted molar refractivity (Wildman–Crippen MR) is 139 cm³/mol. The smallest absolute Gasteiger partial charge is 0.352 e. The summed E-state index contributed by atoms with van der Waals surface area (Å²) in [6.07, 6.45) is -3.22. The first-order chi connectivity index (χ1) is 17.4. The molecule has 0 radical (unpaired) electrons. The number of benzene rings is 2. The minimum atomic E-state index is -4.58. The second kappa shape index (κ2) is 9.28. The lowest BCUT2D eigenvalue weighted by Crippen LogP contribution is -2.50. The van der Waals surface area contributed by atoms with Crippen molar-refractivity contribution in [3.05, 3.63) is 53.3 Å². The summed E-state index contributed by atoms with van der Waals surface area (Å²) in [6, 6.07) is 8.22. The Morgan fingerprint density at radius 3 is 2.41 bits per heavy atom. The molecule has 1 aliphatic rings. The van der Waals surface area contributed by atoms with Crippen LogP contribution in [0.15, 0.2) is 47.6 Å². The highest BCUT2D eigenvalue weighted by atomic mass is 35.5. The van der Waals surface area contributed by atoms with E-state index in [1.54, 1.807) is 12.1 Å². The minimum Gasteiger partial charge on any atom is -0.352 e. The van der Waals surface area contributed by atoms with E-state index < -0.39 is 26.8 Å². The molecule has 2 aromatic heterocycles. The number of nitrogens with two attached hydrogens (primary N) is 1. The van der Waals surface area contributed by atoms with Crippen LogP contribution in [-0.4, -0.2) is 59.6 Å². The van der Waals surface area contributed by atoms with Crippen LogP contribution in [0.4, 0.5) is 24.7 Å².